The van der Waals surface area contributed by atoms with E-state index in [1.54, 1.807) is 6.07 Å². The van der Waals surface area contributed by atoms with E-state index in [-0.39, 0.29) is 16.4 Å². The molecule has 0 atom stereocenters. The molecule has 4 heteroatoms. The van der Waals surface area contributed by atoms with Gasteiger partial charge in [0.25, 0.3) is 0 Å². The summed E-state index contributed by atoms with van der Waals surface area (Å²) in [7, 11) is 0. The number of hydrogen-bond donors (Lipinski definition) is 1. The molecule has 0 unspecified atom stereocenters. The van der Waals surface area contributed by atoms with E-state index in [9.17, 15) is 9.90 Å². The zero-order valence-electron chi connectivity index (χ0n) is 13.3. The number of aromatic carboxylic acids is 1. The molecule has 0 spiro atoms. The highest BCUT2D eigenvalue weighted by molar-refractivity contribution is 6.01. The van der Waals surface area contributed by atoms with Crippen LogP contribution in [0.4, 0.5) is 0 Å². The van der Waals surface area contributed by atoms with Gasteiger partial charge in [0.1, 0.15) is 11.3 Å². The first kappa shape index (κ1) is 14.1. The van der Waals surface area contributed by atoms with Gasteiger partial charge in [0.2, 0.25) is 0 Å². The molecule has 1 aliphatic carbocycles. The summed E-state index contributed by atoms with van der Waals surface area (Å²) in [5.41, 5.74) is 2.21. The fourth-order valence-electron chi connectivity index (χ4n) is 3.68. The zero-order valence-corrected chi connectivity index (χ0v) is 13.3. The van der Waals surface area contributed by atoms with E-state index in [1.165, 1.54) is 0 Å². The van der Waals surface area contributed by atoms with Crippen molar-refractivity contribution in [3.05, 3.63) is 29.6 Å². The Hall–Kier alpha value is -1.84. The Kier molecular flexibility index (Phi) is 2.75. The molecule has 1 aromatic heterocycles. The van der Waals surface area contributed by atoms with Crippen LogP contribution in [0, 0.1) is 10.8 Å². The minimum absolute atomic E-state index is 0.184. The predicted octanol–water partition coefficient (Wildman–Crippen LogP) is 3.90. The molecule has 1 fully saturated rings. The first-order valence-corrected chi connectivity index (χ1v) is 7.46. The lowest BCUT2D eigenvalue weighted by Crippen LogP contribution is -2.05. The summed E-state index contributed by atoms with van der Waals surface area (Å²) >= 11 is 0. The minimum Gasteiger partial charge on any atom is -0.478 e. The molecule has 21 heavy (non-hydrogen) atoms. The Labute approximate surface area is 124 Å². The van der Waals surface area contributed by atoms with Crippen LogP contribution in [0.5, 0.6) is 0 Å². The summed E-state index contributed by atoms with van der Waals surface area (Å²) in [6.07, 6.45) is 0.802. The van der Waals surface area contributed by atoms with Crippen LogP contribution in [0.3, 0.4) is 0 Å². The average Bonchev–Trinajstić information content (AvgIpc) is 2.72. The number of para-hydroxylation sites is 1. The van der Waals surface area contributed by atoms with Gasteiger partial charge in [-0.2, -0.15) is 0 Å². The molecule has 2 aromatic rings. The fraction of sp³-hybridized carbons (Fsp3) is 0.529. The number of carboxylic acids is 1. The summed E-state index contributed by atoms with van der Waals surface area (Å²) in [4.78, 5) is 16.0. The molecule has 0 aliphatic heterocycles. The van der Waals surface area contributed by atoms with Gasteiger partial charge in [0.15, 0.2) is 0 Å². The number of rotatable bonds is 3. The number of nitrogens with zero attached hydrogens (tertiary/aromatic N) is 2. The highest BCUT2D eigenvalue weighted by Crippen LogP contribution is 2.72. The Bertz CT molecular complexity index is 727. The number of fused-ring (bicyclic) bond motifs is 1. The van der Waals surface area contributed by atoms with Gasteiger partial charge in [-0.15, -0.1) is 0 Å². The van der Waals surface area contributed by atoms with Gasteiger partial charge in [0, 0.05) is 12.5 Å². The van der Waals surface area contributed by atoms with E-state index in [0.717, 1.165) is 17.8 Å². The summed E-state index contributed by atoms with van der Waals surface area (Å²) in [6, 6.07) is 5.78. The molecule has 0 radical (unpaired) electrons. The second kappa shape index (κ2) is 4.09. The largest absolute Gasteiger partial charge is 0.478 e. The number of hydrogen-bond acceptors (Lipinski definition) is 2. The van der Waals surface area contributed by atoms with Crippen molar-refractivity contribution in [2.24, 2.45) is 10.8 Å². The summed E-state index contributed by atoms with van der Waals surface area (Å²) in [5, 5.41) is 9.37. The normalized spacial score (nSPS) is 19.9. The molecule has 0 amide bonds. The van der Waals surface area contributed by atoms with Gasteiger partial charge in [-0.1, -0.05) is 40.7 Å². The molecular formula is C17H22N2O2. The molecule has 0 bridgehead atoms. The molecule has 1 saturated carbocycles. The van der Waals surface area contributed by atoms with Gasteiger partial charge in [0.05, 0.1) is 11.1 Å². The molecule has 3 rings (SSSR count). The van der Waals surface area contributed by atoms with E-state index < -0.39 is 5.97 Å². The minimum atomic E-state index is -0.915. The number of aromatic nitrogens is 2. The maximum atomic E-state index is 11.4. The van der Waals surface area contributed by atoms with Crippen molar-refractivity contribution in [2.75, 3.05) is 0 Å². The second-order valence-electron chi connectivity index (χ2n) is 7.08. The Morgan fingerprint density at radius 3 is 2.38 bits per heavy atom. The number of imidazole rings is 1. The Morgan fingerprint density at radius 1 is 1.29 bits per heavy atom. The van der Waals surface area contributed by atoms with Crippen molar-refractivity contribution in [3.63, 3.8) is 0 Å². The van der Waals surface area contributed by atoms with Crippen LogP contribution in [0.2, 0.25) is 0 Å². The van der Waals surface area contributed by atoms with Crippen molar-refractivity contribution < 1.29 is 9.90 Å². The summed E-state index contributed by atoms with van der Waals surface area (Å²) in [6.45, 7) is 11.1. The quantitative estimate of drug-likeness (QED) is 0.931. The zero-order chi connectivity index (χ0) is 15.6. The van der Waals surface area contributed by atoms with Gasteiger partial charge < -0.3 is 9.67 Å². The lowest BCUT2D eigenvalue weighted by molar-refractivity contribution is 0.0699. The monoisotopic (exact) mass is 286 g/mol. The van der Waals surface area contributed by atoms with Crippen LogP contribution >= 0.6 is 0 Å². The molecule has 1 heterocycles. The van der Waals surface area contributed by atoms with Gasteiger partial charge in [-0.3, -0.25) is 0 Å². The van der Waals surface area contributed by atoms with E-state index in [2.05, 4.69) is 44.2 Å². The van der Waals surface area contributed by atoms with Crippen molar-refractivity contribution in [2.45, 2.75) is 47.1 Å². The highest BCUT2D eigenvalue weighted by Gasteiger charge is 2.66. The van der Waals surface area contributed by atoms with E-state index >= 15 is 0 Å². The predicted molar refractivity (Wildman–Crippen MR) is 82.7 cm³/mol. The summed E-state index contributed by atoms with van der Waals surface area (Å²) in [5.74, 6) is 0.0598. The Balaban J connectivity index is 2.29. The molecule has 112 valence electrons. The van der Waals surface area contributed by atoms with Gasteiger partial charge >= 0.3 is 5.97 Å². The maximum absolute atomic E-state index is 11.4. The van der Waals surface area contributed by atoms with E-state index in [0.29, 0.717) is 11.6 Å². The van der Waals surface area contributed by atoms with Crippen molar-refractivity contribution in [1.29, 1.82) is 0 Å². The SMILES string of the molecule is CCc1nc2c(C(=O)O)cccc2n1C1C(C)(C)C1(C)C. The topological polar surface area (TPSA) is 55.1 Å². The molecule has 1 N–H and O–H groups in total. The average molecular weight is 286 g/mol. The van der Waals surface area contributed by atoms with Crippen LogP contribution in [0.1, 0.15) is 56.8 Å². The van der Waals surface area contributed by atoms with Crippen molar-refractivity contribution >= 4 is 17.0 Å². The number of aryl methyl sites for hydroxylation is 1. The van der Waals surface area contributed by atoms with Crippen LogP contribution in [-0.2, 0) is 6.42 Å². The van der Waals surface area contributed by atoms with Crippen LogP contribution in [0.15, 0.2) is 18.2 Å². The third kappa shape index (κ3) is 1.68. The third-order valence-electron chi connectivity index (χ3n) is 5.54. The third-order valence-corrected chi connectivity index (χ3v) is 5.54. The molecule has 4 nitrogen and oxygen atoms in total. The first-order valence-electron chi connectivity index (χ1n) is 7.46. The molecule has 0 saturated heterocycles. The van der Waals surface area contributed by atoms with Crippen LogP contribution in [-0.4, -0.2) is 20.6 Å². The molecule has 1 aliphatic rings. The number of benzene rings is 1. The standard InChI is InChI=1S/C17H22N2O2/c1-6-12-18-13-10(14(20)21)8-7-9-11(13)19(12)15-16(2,3)17(15,4)5/h7-9,15H,6H2,1-5H3,(H,20,21). The first-order chi connectivity index (χ1) is 9.73. The lowest BCUT2D eigenvalue weighted by Gasteiger charge is -2.10. The molecule has 1 aromatic carbocycles. The van der Waals surface area contributed by atoms with Gasteiger partial charge in [-0.25, -0.2) is 9.78 Å². The van der Waals surface area contributed by atoms with Crippen LogP contribution in [0.25, 0.3) is 11.0 Å². The fourth-order valence-corrected chi connectivity index (χ4v) is 3.68. The second-order valence-corrected chi connectivity index (χ2v) is 7.08. The highest BCUT2D eigenvalue weighted by atomic mass is 16.4. The van der Waals surface area contributed by atoms with Crippen molar-refractivity contribution in [3.8, 4) is 0 Å². The number of carboxylic acid groups (broad SMARTS) is 1. The smallest absolute Gasteiger partial charge is 0.337 e. The summed E-state index contributed by atoms with van der Waals surface area (Å²) < 4.78 is 2.27. The van der Waals surface area contributed by atoms with Gasteiger partial charge in [-0.05, 0) is 23.0 Å². The van der Waals surface area contributed by atoms with E-state index in [1.807, 2.05) is 12.1 Å². The molecular weight excluding hydrogens is 264 g/mol. The van der Waals surface area contributed by atoms with Crippen molar-refractivity contribution in [1.82, 2.24) is 9.55 Å². The lowest BCUT2D eigenvalue weighted by atomic mass is 10.0. The maximum Gasteiger partial charge on any atom is 0.337 e. The number of carbonyl (C=O) groups is 1. The van der Waals surface area contributed by atoms with E-state index in [4.69, 9.17) is 0 Å². The Morgan fingerprint density at radius 2 is 1.90 bits per heavy atom. The van der Waals surface area contributed by atoms with Crippen LogP contribution < -0.4 is 0 Å².